The van der Waals surface area contributed by atoms with Crippen molar-refractivity contribution < 1.29 is 5.11 Å². The summed E-state index contributed by atoms with van der Waals surface area (Å²) >= 11 is 1.61. The van der Waals surface area contributed by atoms with Crippen LogP contribution in [-0.2, 0) is 0 Å². The highest BCUT2D eigenvalue weighted by molar-refractivity contribution is 7.08. The fourth-order valence-corrected chi connectivity index (χ4v) is 2.08. The van der Waals surface area contributed by atoms with Crippen LogP contribution in [0, 0.1) is 0 Å². The van der Waals surface area contributed by atoms with Crippen LogP contribution in [0.2, 0.25) is 0 Å². The Morgan fingerprint density at radius 2 is 1.93 bits per heavy atom. The Hall–Kier alpha value is -1.03. The Balaban J connectivity index is 0.00000112. The maximum atomic E-state index is 9.60. The molecular weight excluding hydrogens is 230 g/mol. The molecule has 1 aromatic carbocycles. The lowest BCUT2D eigenvalue weighted by Crippen LogP contribution is -2.10. The highest BCUT2D eigenvalue weighted by atomic mass is 35.5. The number of aromatic hydroxyl groups is 1. The second-order valence-corrected chi connectivity index (χ2v) is 3.87. The van der Waals surface area contributed by atoms with Gasteiger partial charge in [0.1, 0.15) is 5.75 Å². The molecule has 0 saturated heterocycles. The van der Waals surface area contributed by atoms with Gasteiger partial charge in [0.25, 0.3) is 0 Å². The van der Waals surface area contributed by atoms with E-state index in [4.69, 9.17) is 5.73 Å². The summed E-state index contributed by atoms with van der Waals surface area (Å²) in [4.78, 5) is 0. The molecule has 0 amide bonds. The van der Waals surface area contributed by atoms with Crippen LogP contribution in [0.4, 0.5) is 0 Å². The number of rotatable bonds is 2. The minimum Gasteiger partial charge on any atom is -0.508 e. The summed E-state index contributed by atoms with van der Waals surface area (Å²) in [5.74, 6) is 0.256. The van der Waals surface area contributed by atoms with Crippen molar-refractivity contribution in [2.45, 2.75) is 6.04 Å². The summed E-state index contributed by atoms with van der Waals surface area (Å²) < 4.78 is 0. The molecule has 0 fully saturated rings. The summed E-state index contributed by atoms with van der Waals surface area (Å²) in [6.07, 6.45) is 0. The summed E-state index contributed by atoms with van der Waals surface area (Å²) in [5.41, 5.74) is 7.82. The predicted octanol–water partition coefficient (Wildman–Crippen LogP) is 2.92. The number of hydrogen-bond acceptors (Lipinski definition) is 3. The molecule has 3 N–H and O–H groups in total. The zero-order chi connectivity index (χ0) is 9.97. The van der Waals surface area contributed by atoms with Crippen LogP contribution in [0.1, 0.15) is 17.2 Å². The molecule has 0 aliphatic heterocycles. The van der Waals surface area contributed by atoms with Crippen molar-refractivity contribution in [1.82, 2.24) is 0 Å². The lowest BCUT2D eigenvalue weighted by molar-refractivity contribution is 0.465. The van der Waals surface area contributed by atoms with E-state index >= 15 is 0 Å². The van der Waals surface area contributed by atoms with Crippen LogP contribution in [0.3, 0.4) is 0 Å². The van der Waals surface area contributed by atoms with Gasteiger partial charge >= 0.3 is 0 Å². The van der Waals surface area contributed by atoms with E-state index in [1.54, 1.807) is 23.5 Å². The first-order valence-corrected chi connectivity index (χ1v) is 5.29. The van der Waals surface area contributed by atoms with E-state index in [0.29, 0.717) is 0 Å². The highest BCUT2D eigenvalue weighted by Gasteiger charge is 2.12. The van der Waals surface area contributed by atoms with Crippen LogP contribution in [0.15, 0.2) is 41.1 Å². The molecule has 2 rings (SSSR count). The van der Waals surface area contributed by atoms with E-state index in [2.05, 4.69) is 0 Å². The Morgan fingerprint density at radius 3 is 2.53 bits per heavy atom. The van der Waals surface area contributed by atoms with Crippen molar-refractivity contribution in [1.29, 1.82) is 0 Å². The summed E-state index contributed by atoms with van der Waals surface area (Å²) in [7, 11) is 0. The fourth-order valence-electron chi connectivity index (χ4n) is 1.38. The average Bonchev–Trinajstić information content (AvgIpc) is 2.70. The minimum absolute atomic E-state index is 0. The minimum atomic E-state index is -0.234. The van der Waals surface area contributed by atoms with E-state index in [0.717, 1.165) is 11.1 Å². The molecule has 0 aliphatic rings. The van der Waals surface area contributed by atoms with E-state index in [-0.39, 0.29) is 24.2 Å². The third kappa shape index (κ3) is 2.50. The topological polar surface area (TPSA) is 46.2 Å². The molecule has 1 heterocycles. The Labute approximate surface area is 98.8 Å². The molecule has 4 heteroatoms. The number of phenols is 1. The SMILES string of the molecule is Cl.N[C@H](c1ccsc1)c1ccccc1O. The number of nitrogens with two attached hydrogens (primary N) is 1. The number of thiophene rings is 1. The van der Waals surface area contributed by atoms with Crippen molar-refractivity contribution in [3.05, 3.63) is 52.2 Å². The van der Waals surface area contributed by atoms with Crippen LogP contribution >= 0.6 is 23.7 Å². The van der Waals surface area contributed by atoms with Gasteiger partial charge < -0.3 is 10.8 Å². The Bertz CT molecular complexity index is 416. The van der Waals surface area contributed by atoms with Crippen LogP contribution in [0.25, 0.3) is 0 Å². The lowest BCUT2D eigenvalue weighted by atomic mass is 10.0. The first-order valence-electron chi connectivity index (χ1n) is 4.34. The number of hydrogen-bond donors (Lipinski definition) is 2. The molecule has 0 saturated carbocycles. The standard InChI is InChI=1S/C11H11NOS.ClH/c12-11(8-5-6-14-7-8)9-3-1-2-4-10(9)13;/h1-7,11,13H,12H2;1H/t11-;/m1./s1. The van der Waals surface area contributed by atoms with Crippen molar-refractivity contribution in [3.8, 4) is 5.75 Å². The third-order valence-corrected chi connectivity index (χ3v) is 2.88. The molecule has 1 aromatic heterocycles. The predicted molar refractivity (Wildman–Crippen MR) is 65.7 cm³/mol. The highest BCUT2D eigenvalue weighted by Crippen LogP contribution is 2.27. The van der Waals surface area contributed by atoms with Gasteiger partial charge in [0.15, 0.2) is 0 Å². The first-order chi connectivity index (χ1) is 6.79. The summed E-state index contributed by atoms with van der Waals surface area (Å²) in [6, 6.07) is 8.91. The number of phenolic OH excluding ortho intramolecular Hbond substituents is 1. The van der Waals surface area contributed by atoms with E-state index in [9.17, 15) is 5.11 Å². The van der Waals surface area contributed by atoms with Gasteiger partial charge in [0.2, 0.25) is 0 Å². The van der Waals surface area contributed by atoms with E-state index < -0.39 is 0 Å². The molecule has 0 radical (unpaired) electrons. The maximum Gasteiger partial charge on any atom is 0.120 e. The van der Waals surface area contributed by atoms with Crippen molar-refractivity contribution in [2.75, 3.05) is 0 Å². The van der Waals surface area contributed by atoms with Gasteiger partial charge in [-0.3, -0.25) is 0 Å². The second kappa shape index (κ2) is 5.16. The van der Waals surface area contributed by atoms with Gasteiger partial charge in [-0.1, -0.05) is 18.2 Å². The zero-order valence-corrected chi connectivity index (χ0v) is 9.59. The van der Waals surface area contributed by atoms with Crippen molar-refractivity contribution >= 4 is 23.7 Å². The largest absolute Gasteiger partial charge is 0.508 e. The Kier molecular flexibility index (Phi) is 4.15. The van der Waals surface area contributed by atoms with E-state index in [1.807, 2.05) is 29.0 Å². The van der Waals surface area contributed by atoms with E-state index in [1.165, 1.54) is 0 Å². The lowest BCUT2D eigenvalue weighted by Gasteiger charge is -2.11. The van der Waals surface area contributed by atoms with Crippen molar-refractivity contribution in [2.24, 2.45) is 5.73 Å². The molecule has 2 nitrogen and oxygen atoms in total. The number of benzene rings is 1. The maximum absolute atomic E-state index is 9.60. The average molecular weight is 242 g/mol. The second-order valence-electron chi connectivity index (χ2n) is 3.09. The van der Waals surface area contributed by atoms with Gasteiger partial charge in [-0.05, 0) is 28.5 Å². The zero-order valence-electron chi connectivity index (χ0n) is 7.96. The fraction of sp³-hybridized carbons (Fsp3) is 0.0909. The van der Waals surface area contributed by atoms with Gasteiger partial charge in [0, 0.05) is 5.56 Å². The van der Waals surface area contributed by atoms with Crippen LogP contribution in [-0.4, -0.2) is 5.11 Å². The van der Waals surface area contributed by atoms with Gasteiger partial charge in [-0.15, -0.1) is 12.4 Å². The van der Waals surface area contributed by atoms with Crippen LogP contribution < -0.4 is 5.73 Å². The normalized spacial score (nSPS) is 11.8. The smallest absolute Gasteiger partial charge is 0.120 e. The summed E-state index contributed by atoms with van der Waals surface area (Å²) in [6.45, 7) is 0. The quantitative estimate of drug-likeness (QED) is 0.849. The third-order valence-electron chi connectivity index (χ3n) is 2.17. The van der Waals surface area contributed by atoms with Gasteiger partial charge in [0.05, 0.1) is 6.04 Å². The van der Waals surface area contributed by atoms with Gasteiger partial charge in [-0.25, -0.2) is 0 Å². The number of para-hydroxylation sites is 1. The molecule has 0 spiro atoms. The molecule has 0 unspecified atom stereocenters. The molecule has 1 atom stereocenters. The molecule has 15 heavy (non-hydrogen) atoms. The van der Waals surface area contributed by atoms with Gasteiger partial charge in [-0.2, -0.15) is 11.3 Å². The summed E-state index contributed by atoms with van der Waals surface area (Å²) in [5, 5.41) is 13.6. The van der Waals surface area contributed by atoms with Crippen molar-refractivity contribution in [3.63, 3.8) is 0 Å². The first kappa shape index (κ1) is 12.0. The Morgan fingerprint density at radius 1 is 1.20 bits per heavy atom. The molecular formula is C11H12ClNOS. The monoisotopic (exact) mass is 241 g/mol. The number of halogens is 1. The molecule has 0 aliphatic carbocycles. The van der Waals surface area contributed by atoms with Crippen LogP contribution in [0.5, 0.6) is 5.75 Å². The molecule has 0 bridgehead atoms. The molecule has 2 aromatic rings. The molecule has 80 valence electrons.